The Bertz CT molecular complexity index is 1370. The molecule has 0 saturated carbocycles. The predicted molar refractivity (Wildman–Crippen MR) is 118 cm³/mol. The van der Waals surface area contributed by atoms with Crippen LogP contribution in [0.25, 0.3) is 33.7 Å². The number of guanidine groups is 1. The van der Waals surface area contributed by atoms with Crippen molar-refractivity contribution in [3.8, 4) is 0 Å². The van der Waals surface area contributed by atoms with Crippen LogP contribution in [-0.4, -0.2) is 10.9 Å². The molecule has 0 atom stereocenters. The van der Waals surface area contributed by atoms with Gasteiger partial charge in [0.15, 0.2) is 5.96 Å². The third-order valence-corrected chi connectivity index (χ3v) is 5.32. The zero-order valence-corrected chi connectivity index (χ0v) is 15.3. The van der Waals surface area contributed by atoms with E-state index < -0.39 is 4.92 Å². The van der Waals surface area contributed by atoms with Crippen molar-refractivity contribution in [1.29, 1.82) is 5.41 Å². The van der Waals surface area contributed by atoms with Crippen molar-refractivity contribution in [2.75, 3.05) is 4.90 Å². The molecule has 3 N–H and O–H groups in total. The summed E-state index contributed by atoms with van der Waals surface area (Å²) in [7, 11) is 0. The number of rotatable bonds is 3. The van der Waals surface area contributed by atoms with E-state index in [0.29, 0.717) is 16.5 Å². The first-order valence-corrected chi connectivity index (χ1v) is 9.10. The van der Waals surface area contributed by atoms with E-state index in [2.05, 4.69) is 12.1 Å². The number of nitrogens with one attached hydrogen (secondary N) is 1. The maximum atomic E-state index is 11.5. The summed E-state index contributed by atoms with van der Waals surface area (Å²) in [5, 5.41) is 23.2. The van der Waals surface area contributed by atoms with E-state index in [-0.39, 0.29) is 11.6 Å². The first kappa shape index (κ1) is 16.9. The number of nitro benzene ring substituents is 1. The number of hydrogen-bond donors (Lipinski definition) is 2. The minimum atomic E-state index is -0.394. The Balaban J connectivity index is 1.81. The molecular formula is C23H16N4O2. The monoisotopic (exact) mass is 380 g/mol. The van der Waals surface area contributed by atoms with E-state index in [4.69, 9.17) is 11.1 Å². The molecule has 6 heteroatoms. The van der Waals surface area contributed by atoms with Crippen LogP contribution in [0.1, 0.15) is 11.1 Å². The molecule has 1 aliphatic rings. The van der Waals surface area contributed by atoms with Crippen molar-refractivity contribution in [2.24, 2.45) is 5.73 Å². The fraction of sp³-hybridized carbons (Fsp3) is 0. The second-order valence-corrected chi connectivity index (χ2v) is 6.90. The highest BCUT2D eigenvalue weighted by atomic mass is 16.6. The SMILES string of the molecule is N=C(N)N(c1ccc2cccc3c2c1C=C3)c1ccc([N+](=O)[O-])c2ccccc12. The Kier molecular flexibility index (Phi) is 3.61. The fourth-order valence-electron chi connectivity index (χ4n) is 4.11. The van der Waals surface area contributed by atoms with Crippen molar-refractivity contribution in [3.63, 3.8) is 0 Å². The van der Waals surface area contributed by atoms with Gasteiger partial charge in [0.25, 0.3) is 5.69 Å². The number of nitrogens with two attached hydrogens (primary N) is 1. The number of nitro groups is 1. The molecule has 0 fully saturated rings. The number of anilines is 2. The lowest BCUT2D eigenvalue weighted by Gasteiger charge is -2.26. The third-order valence-electron chi connectivity index (χ3n) is 5.32. The van der Waals surface area contributed by atoms with Crippen molar-refractivity contribution in [3.05, 3.63) is 88.0 Å². The normalized spacial score (nSPS) is 11.9. The maximum Gasteiger partial charge on any atom is 0.277 e. The van der Waals surface area contributed by atoms with Crippen LogP contribution in [0.3, 0.4) is 0 Å². The van der Waals surface area contributed by atoms with Gasteiger partial charge in [0, 0.05) is 17.0 Å². The molecule has 6 nitrogen and oxygen atoms in total. The average molecular weight is 380 g/mol. The van der Waals surface area contributed by atoms with Crippen LogP contribution in [0.5, 0.6) is 0 Å². The Labute approximate surface area is 166 Å². The number of fused-ring (bicyclic) bond motifs is 1. The molecule has 5 rings (SSSR count). The molecule has 0 aromatic heterocycles. The highest BCUT2D eigenvalue weighted by molar-refractivity contribution is 6.15. The molecule has 0 amide bonds. The Morgan fingerprint density at radius 3 is 2.41 bits per heavy atom. The van der Waals surface area contributed by atoms with Crippen LogP contribution >= 0.6 is 0 Å². The molecule has 0 aliphatic heterocycles. The Morgan fingerprint density at radius 2 is 1.66 bits per heavy atom. The number of non-ortho nitro benzene ring substituents is 1. The second-order valence-electron chi connectivity index (χ2n) is 6.90. The lowest BCUT2D eigenvalue weighted by Crippen LogP contribution is -2.33. The zero-order chi connectivity index (χ0) is 20.1. The van der Waals surface area contributed by atoms with Gasteiger partial charge in [-0.1, -0.05) is 54.6 Å². The van der Waals surface area contributed by atoms with Gasteiger partial charge in [-0.2, -0.15) is 0 Å². The van der Waals surface area contributed by atoms with Gasteiger partial charge in [0.1, 0.15) is 0 Å². The van der Waals surface area contributed by atoms with Crippen LogP contribution < -0.4 is 10.6 Å². The highest BCUT2D eigenvalue weighted by Gasteiger charge is 2.24. The molecule has 4 aromatic carbocycles. The molecule has 0 bridgehead atoms. The number of hydrogen-bond acceptors (Lipinski definition) is 3. The van der Waals surface area contributed by atoms with Gasteiger partial charge < -0.3 is 5.73 Å². The topological polar surface area (TPSA) is 96.2 Å². The van der Waals surface area contributed by atoms with Gasteiger partial charge in [-0.15, -0.1) is 0 Å². The smallest absolute Gasteiger partial charge is 0.277 e. The summed E-state index contributed by atoms with van der Waals surface area (Å²) < 4.78 is 0. The molecule has 0 unspecified atom stereocenters. The summed E-state index contributed by atoms with van der Waals surface area (Å²) in [5.41, 5.74) is 9.56. The predicted octanol–water partition coefficient (Wildman–Crippen LogP) is 5.42. The lowest BCUT2D eigenvalue weighted by atomic mass is 10.0. The Morgan fingerprint density at radius 1 is 0.897 bits per heavy atom. The third kappa shape index (κ3) is 2.46. The highest BCUT2D eigenvalue weighted by Crippen LogP contribution is 2.42. The number of benzene rings is 4. The van der Waals surface area contributed by atoms with E-state index in [1.54, 1.807) is 23.1 Å². The van der Waals surface area contributed by atoms with Crippen molar-refractivity contribution in [2.45, 2.75) is 0 Å². The minimum Gasteiger partial charge on any atom is -0.369 e. The van der Waals surface area contributed by atoms with Gasteiger partial charge in [-0.05, 0) is 34.5 Å². The second kappa shape index (κ2) is 6.17. The molecule has 4 aromatic rings. The van der Waals surface area contributed by atoms with Gasteiger partial charge in [0.05, 0.1) is 21.7 Å². The van der Waals surface area contributed by atoms with E-state index in [1.165, 1.54) is 6.07 Å². The van der Waals surface area contributed by atoms with E-state index in [0.717, 1.165) is 27.6 Å². The van der Waals surface area contributed by atoms with Gasteiger partial charge in [-0.3, -0.25) is 20.4 Å². The van der Waals surface area contributed by atoms with Crippen molar-refractivity contribution >= 4 is 56.7 Å². The first-order valence-electron chi connectivity index (χ1n) is 9.10. The quantitative estimate of drug-likeness (QED) is 0.189. The largest absolute Gasteiger partial charge is 0.369 e. The van der Waals surface area contributed by atoms with Crippen LogP contribution in [0.4, 0.5) is 17.1 Å². The van der Waals surface area contributed by atoms with Crippen LogP contribution in [0, 0.1) is 15.5 Å². The Hall–Kier alpha value is -4.19. The maximum absolute atomic E-state index is 11.5. The van der Waals surface area contributed by atoms with Crippen LogP contribution in [0.2, 0.25) is 0 Å². The minimum absolute atomic E-state index is 0.0260. The summed E-state index contributed by atoms with van der Waals surface area (Å²) in [6.45, 7) is 0. The molecule has 0 heterocycles. The fourth-order valence-corrected chi connectivity index (χ4v) is 4.11. The molecule has 1 aliphatic carbocycles. The lowest BCUT2D eigenvalue weighted by molar-refractivity contribution is -0.383. The zero-order valence-electron chi connectivity index (χ0n) is 15.3. The summed E-state index contributed by atoms with van der Waals surface area (Å²) >= 11 is 0. The van der Waals surface area contributed by atoms with Gasteiger partial charge in [0.2, 0.25) is 0 Å². The van der Waals surface area contributed by atoms with E-state index in [9.17, 15) is 10.1 Å². The average Bonchev–Trinajstić information content (AvgIpc) is 3.15. The summed E-state index contributed by atoms with van der Waals surface area (Å²) in [4.78, 5) is 12.7. The standard InChI is InChI=1S/C23H16N4O2/c24-23(25)26(19-12-13-21(27(28)29)17-7-2-1-6-16(17)19)20-11-9-15-5-3-4-14-8-10-18(20)22(14)15/h1-13H,(H3,24,25). The molecule has 29 heavy (non-hydrogen) atoms. The molecule has 0 radical (unpaired) electrons. The summed E-state index contributed by atoms with van der Waals surface area (Å²) in [6, 6.07) is 20.3. The van der Waals surface area contributed by atoms with Crippen molar-refractivity contribution < 1.29 is 4.92 Å². The van der Waals surface area contributed by atoms with Crippen LogP contribution in [0.15, 0.2) is 66.7 Å². The molecular weight excluding hydrogens is 364 g/mol. The van der Waals surface area contributed by atoms with Crippen LogP contribution in [-0.2, 0) is 0 Å². The summed E-state index contributed by atoms with van der Waals surface area (Å²) in [5.74, 6) is -0.155. The van der Waals surface area contributed by atoms with Gasteiger partial charge in [-0.25, -0.2) is 0 Å². The molecule has 0 spiro atoms. The number of nitrogens with zero attached hydrogens (tertiary/aromatic N) is 2. The molecule has 140 valence electrons. The molecule has 0 saturated heterocycles. The van der Waals surface area contributed by atoms with E-state index >= 15 is 0 Å². The van der Waals surface area contributed by atoms with Crippen molar-refractivity contribution in [1.82, 2.24) is 0 Å². The van der Waals surface area contributed by atoms with E-state index in [1.807, 2.05) is 42.5 Å². The summed E-state index contributed by atoms with van der Waals surface area (Å²) in [6.07, 6.45) is 4.07. The van der Waals surface area contributed by atoms with Gasteiger partial charge >= 0.3 is 0 Å². The first-order chi connectivity index (χ1) is 14.1.